The van der Waals surface area contributed by atoms with Crippen molar-refractivity contribution in [1.29, 1.82) is 0 Å². The molecule has 1 unspecified atom stereocenters. The van der Waals surface area contributed by atoms with E-state index < -0.39 is 23.3 Å². The summed E-state index contributed by atoms with van der Waals surface area (Å²) in [6.45, 7) is 11.7. The first-order chi connectivity index (χ1) is 12.3. The molecule has 0 spiro atoms. The average Bonchev–Trinajstić information content (AvgIpc) is 2.47. The molecule has 0 fully saturated rings. The summed E-state index contributed by atoms with van der Waals surface area (Å²) in [5.41, 5.74) is 4.83. The maximum Gasteiger partial charge on any atom is 0.407 e. The van der Waals surface area contributed by atoms with Crippen LogP contribution >= 0.6 is 0 Å². The van der Waals surface area contributed by atoms with Crippen LogP contribution in [-0.4, -0.2) is 48.3 Å². The molecule has 8 nitrogen and oxygen atoms in total. The van der Waals surface area contributed by atoms with Crippen molar-refractivity contribution in [2.45, 2.75) is 90.9 Å². The van der Waals surface area contributed by atoms with Gasteiger partial charge >= 0.3 is 12.1 Å². The van der Waals surface area contributed by atoms with Gasteiger partial charge in [0.15, 0.2) is 0 Å². The average molecular weight is 388 g/mol. The van der Waals surface area contributed by atoms with E-state index in [2.05, 4.69) is 10.6 Å². The predicted octanol–water partition coefficient (Wildman–Crippen LogP) is 2.25. The summed E-state index contributed by atoms with van der Waals surface area (Å²) < 4.78 is 10.3. The SMILES string of the molecule is CC(C)(C)OC(=O)CCCNC(=O)C(N)CCCCNC(=O)OC(C)(C)C. The summed E-state index contributed by atoms with van der Waals surface area (Å²) in [4.78, 5) is 34.9. The number of esters is 1. The van der Waals surface area contributed by atoms with Crippen LogP contribution < -0.4 is 16.4 Å². The zero-order valence-electron chi connectivity index (χ0n) is 17.6. The first-order valence-electron chi connectivity index (χ1n) is 9.52. The van der Waals surface area contributed by atoms with Crippen LogP contribution in [-0.2, 0) is 19.1 Å². The highest BCUT2D eigenvalue weighted by atomic mass is 16.6. The molecule has 0 aromatic heterocycles. The standard InChI is InChI=1S/C19H37N3O5/c1-18(2,3)26-15(23)11-9-13-21-16(24)14(20)10-7-8-12-22-17(25)27-19(4,5)6/h14H,7-13,20H2,1-6H3,(H,21,24)(H,22,25). The van der Waals surface area contributed by atoms with E-state index in [0.717, 1.165) is 0 Å². The second-order valence-electron chi connectivity index (χ2n) is 8.51. The van der Waals surface area contributed by atoms with Gasteiger partial charge in [0.25, 0.3) is 0 Å². The van der Waals surface area contributed by atoms with Gasteiger partial charge in [0.1, 0.15) is 11.2 Å². The maximum absolute atomic E-state index is 11.9. The van der Waals surface area contributed by atoms with E-state index in [9.17, 15) is 14.4 Å². The van der Waals surface area contributed by atoms with Crippen molar-refractivity contribution in [3.05, 3.63) is 0 Å². The second kappa shape index (κ2) is 11.8. The van der Waals surface area contributed by atoms with Gasteiger partial charge in [0, 0.05) is 19.5 Å². The Kier molecular flexibility index (Phi) is 11.0. The van der Waals surface area contributed by atoms with Gasteiger partial charge in [-0.3, -0.25) is 9.59 Å². The Morgan fingerprint density at radius 3 is 1.96 bits per heavy atom. The molecule has 0 aromatic carbocycles. The number of nitrogens with one attached hydrogen (secondary N) is 2. The molecular weight excluding hydrogens is 350 g/mol. The van der Waals surface area contributed by atoms with Crippen LogP contribution in [0.5, 0.6) is 0 Å². The molecule has 4 N–H and O–H groups in total. The number of rotatable bonds is 10. The van der Waals surface area contributed by atoms with Crippen molar-refractivity contribution in [3.63, 3.8) is 0 Å². The molecule has 0 aliphatic heterocycles. The largest absolute Gasteiger partial charge is 0.460 e. The third-order valence-electron chi connectivity index (χ3n) is 3.22. The highest BCUT2D eigenvalue weighted by Crippen LogP contribution is 2.09. The predicted molar refractivity (Wildman–Crippen MR) is 104 cm³/mol. The molecule has 158 valence electrons. The molecule has 2 amide bonds. The summed E-state index contributed by atoms with van der Waals surface area (Å²) in [7, 11) is 0. The van der Waals surface area contributed by atoms with Crippen LogP contribution in [0.15, 0.2) is 0 Å². The van der Waals surface area contributed by atoms with Gasteiger partial charge < -0.3 is 25.8 Å². The van der Waals surface area contributed by atoms with E-state index in [1.54, 1.807) is 20.8 Å². The fourth-order valence-electron chi connectivity index (χ4n) is 2.09. The van der Waals surface area contributed by atoms with E-state index in [0.29, 0.717) is 38.8 Å². The minimum atomic E-state index is -0.604. The number of amides is 2. The molecule has 27 heavy (non-hydrogen) atoms. The third kappa shape index (κ3) is 16.1. The molecule has 0 aliphatic carbocycles. The molecule has 8 heteroatoms. The van der Waals surface area contributed by atoms with Crippen LogP contribution in [0.2, 0.25) is 0 Å². The Balaban J connectivity index is 3.76. The highest BCUT2D eigenvalue weighted by Gasteiger charge is 2.17. The number of nitrogens with two attached hydrogens (primary N) is 1. The fourth-order valence-corrected chi connectivity index (χ4v) is 2.09. The Labute approximate surface area is 162 Å². The molecular formula is C19H37N3O5. The van der Waals surface area contributed by atoms with Crippen LogP contribution in [0.3, 0.4) is 0 Å². The number of hydrogen-bond donors (Lipinski definition) is 3. The van der Waals surface area contributed by atoms with Crippen molar-refractivity contribution in [2.75, 3.05) is 13.1 Å². The fraction of sp³-hybridized carbons (Fsp3) is 0.842. The topological polar surface area (TPSA) is 120 Å². The minimum absolute atomic E-state index is 0.237. The number of carbonyl (C=O) groups is 3. The zero-order chi connectivity index (χ0) is 21.1. The van der Waals surface area contributed by atoms with Gasteiger partial charge in [-0.2, -0.15) is 0 Å². The summed E-state index contributed by atoms with van der Waals surface area (Å²) in [6.07, 6.45) is 2.25. The Morgan fingerprint density at radius 1 is 0.852 bits per heavy atom. The summed E-state index contributed by atoms with van der Waals surface area (Å²) in [5.74, 6) is -0.516. The zero-order valence-corrected chi connectivity index (χ0v) is 17.6. The molecule has 0 bridgehead atoms. The summed E-state index contributed by atoms with van der Waals surface area (Å²) >= 11 is 0. The first kappa shape index (κ1) is 25.2. The van der Waals surface area contributed by atoms with E-state index in [-0.39, 0.29) is 18.3 Å². The first-order valence-corrected chi connectivity index (χ1v) is 9.52. The smallest absolute Gasteiger partial charge is 0.407 e. The van der Waals surface area contributed by atoms with Crippen molar-refractivity contribution in [2.24, 2.45) is 5.73 Å². The lowest BCUT2D eigenvalue weighted by molar-refractivity contribution is -0.155. The lowest BCUT2D eigenvalue weighted by Crippen LogP contribution is -2.41. The van der Waals surface area contributed by atoms with Gasteiger partial charge in [-0.15, -0.1) is 0 Å². The number of alkyl carbamates (subject to hydrolysis) is 1. The molecule has 0 saturated heterocycles. The van der Waals surface area contributed by atoms with Gasteiger partial charge in [-0.1, -0.05) is 0 Å². The Bertz CT molecular complexity index is 481. The highest BCUT2D eigenvalue weighted by molar-refractivity contribution is 5.81. The maximum atomic E-state index is 11.9. The van der Waals surface area contributed by atoms with Crippen molar-refractivity contribution < 1.29 is 23.9 Å². The minimum Gasteiger partial charge on any atom is -0.460 e. The van der Waals surface area contributed by atoms with E-state index in [1.165, 1.54) is 0 Å². The lowest BCUT2D eigenvalue weighted by atomic mass is 10.1. The van der Waals surface area contributed by atoms with Crippen molar-refractivity contribution in [3.8, 4) is 0 Å². The Hall–Kier alpha value is -1.83. The Morgan fingerprint density at radius 2 is 1.41 bits per heavy atom. The van der Waals surface area contributed by atoms with E-state index in [4.69, 9.17) is 15.2 Å². The van der Waals surface area contributed by atoms with Gasteiger partial charge in [-0.05, 0) is 67.2 Å². The number of hydrogen-bond acceptors (Lipinski definition) is 6. The monoisotopic (exact) mass is 387 g/mol. The van der Waals surface area contributed by atoms with Crippen LogP contribution in [0.25, 0.3) is 0 Å². The van der Waals surface area contributed by atoms with Gasteiger partial charge in [0.05, 0.1) is 6.04 Å². The quantitative estimate of drug-likeness (QED) is 0.391. The molecule has 0 rings (SSSR count). The molecule has 0 aliphatic rings. The number of unbranched alkanes of at least 4 members (excludes halogenated alkanes) is 1. The van der Waals surface area contributed by atoms with E-state index >= 15 is 0 Å². The summed E-state index contributed by atoms with van der Waals surface area (Å²) in [5, 5.41) is 5.39. The van der Waals surface area contributed by atoms with Gasteiger partial charge in [0.2, 0.25) is 5.91 Å². The van der Waals surface area contributed by atoms with Crippen LogP contribution in [0.1, 0.15) is 73.6 Å². The molecule has 0 radical (unpaired) electrons. The van der Waals surface area contributed by atoms with Crippen LogP contribution in [0.4, 0.5) is 4.79 Å². The molecule has 0 saturated carbocycles. The normalized spacial score (nSPS) is 12.9. The number of carbonyl (C=O) groups excluding carboxylic acids is 3. The second-order valence-corrected chi connectivity index (χ2v) is 8.51. The van der Waals surface area contributed by atoms with Crippen LogP contribution in [0, 0.1) is 0 Å². The lowest BCUT2D eigenvalue weighted by Gasteiger charge is -2.19. The third-order valence-corrected chi connectivity index (χ3v) is 3.22. The molecule has 0 heterocycles. The van der Waals surface area contributed by atoms with E-state index in [1.807, 2.05) is 20.8 Å². The van der Waals surface area contributed by atoms with Crippen molar-refractivity contribution >= 4 is 18.0 Å². The number of ether oxygens (including phenoxy) is 2. The molecule has 0 aromatic rings. The van der Waals surface area contributed by atoms with Crippen molar-refractivity contribution in [1.82, 2.24) is 10.6 Å². The summed E-state index contributed by atoms with van der Waals surface area (Å²) in [6, 6.07) is -0.604. The van der Waals surface area contributed by atoms with Gasteiger partial charge in [-0.25, -0.2) is 4.79 Å². The molecule has 1 atom stereocenters.